The van der Waals surface area contributed by atoms with E-state index in [2.05, 4.69) is 9.82 Å². The number of nitrogens with one attached hydrogen (secondary N) is 1. The third-order valence-corrected chi connectivity index (χ3v) is 5.29. The van der Waals surface area contributed by atoms with Gasteiger partial charge in [-0.15, -0.1) is 0 Å². The van der Waals surface area contributed by atoms with Crippen molar-refractivity contribution < 1.29 is 8.42 Å². The van der Waals surface area contributed by atoms with Crippen molar-refractivity contribution in [1.82, 2.24) is 14.5 Å². The van der Waals surface area contributed by atoms with Crippen LogP contribution in [0.2, 0.25) is 5.15 Å². The Balaban J connectivity index is 2.30. The van der Waals surface area contributed by atoms with E-state index in [1.807, 2.05) is 6.92 Å². The monoisotopic (exact) mass is 277 g/mol. The molecule has 0 amide bonds. The lowest BCUT2D eigenvalue weighted by molar-refractivity contribution is 0.537. The normalized spacial score (nSPS) is 18.4. The first-order chi connectivity index (χ1) is 7.83. The van der Waals surface area contributed by atoms with Crippen molar-refractivity contribution in [1.29, 1.82) is 0 Å². The summed E-state index contributed by atoms with van der Waals surface area (Å²) in [4.78, 5) is 0.0918. The van der Waals surface area contributed by atoms with E-state index >= 15 is 0 Å². The van der Waals surface area contributed by atoms with Crippen LogP contribution < -0.4 is 4.72 Å². The molecule has 7 heteroatoms. The zero-order valence-corrected chi connectivity index (χ0v) is 11.6. The maximum Gasteiger partial charge on any atom is 0.245 e. The first-order valence-corrected chi connectivity index (χ1v) is 7.40. The van der Waals surface area contributed by atoms with Gasteiger partial charge in [0.25, 0.3) is 0 Å². The van der Waals surface area contributed by atoms with Gasteiger partial charge in [-0.05, 0) is 32.6 Å². The minimum Gasteiger partial charge on any atom is -0.255 e. The molecule has 0 saturated heterocycles. The number of hydrogen-bond donors (Lipinski definition) is 1. The van der Waals surface area contributed by atoms with Crippen molar-refractivity contribution in [3.63, 3.8) is 0 Å². The summed E-state index contributed by atoms with van der Waals surface area (Å²) in [5, 5.41) is 4.16. The number of aryl methyl sites for hydroxylation is 2. The molecule has 0 aromatic carbocycles. The lowest BCUT2D eigenvalue weighted by atomic mass is 10.2. The quantitative estimate of drug-likeness (QED) is 0.906. The summed E-state index contributed by atoms with van der Waals surface area (Å²) in [6, 6.07) is -0.0457. The van der Waals surface area contributed by atoms with Crippen LogP contribution in [0.25, 0.3) is 0 Å². The number of nitrogens with zero attached hydrogens (tertiary/aromatic N) is 2. The topological polar surface area (TPSA) is 64.0 Å². The molecular weight excluding hydrogens is 262 g/mol. The summed E-state index contributed by atoms with van der Waals surface area (Å²) in [5.74, 6) is 0.459. The Morgan fingerprint density at radius 3 is 2.53 bits per heavy atom. The fourth-order valence-electron chi connectivity index (χ4n) is 1.91. The Kier molecular flexibility index (Phi) is 3.22. The van der Waals surface area contributed by atoms with Crippen molar-refractivity contribution in [3.05, 3.63) is 10.8 Å². The van der Waals surface area contributed by atoms with Crippen LogP contribution in [0.5, 0.6) is 0 Å². The van der Waals surface area contributed by atoms with Crippen molar-refractivity contribution in [2.45, 2.75) is 37.6 Å². The van der Waals surface area contributed by atoms with Gasteiger partial charge >= 0.3 is 0 Å². The van der Waals surface area contributed by atoms with Gasteiger partial charge in [-0.25, -0.2) is 13.1 Å². The van der Waals surface area contributed by atoms with Crippen LogP contribution in [0.3, 0.4) is 0 Å². The van der Waals surface area contributed by atoms with Gasteiger partial charge in [-0.3, -0.25) is 4.68 Å². The molecule has 1 heterocycles. The van der Waals surface area contributed by atoms with E-state index in [1.165, 1.54) is 4.68 Å². The van der Waals surface area contributed by atoms with Gasteiger partial charge in [0.05, 0.1) is 5.69 Å². The number of halogens is 1. The zero-order chi connectivity index (χ0) is 12.8. The predicted molar refractivity (Wildman–Crippen MR) is 65.5 cm³/mol. The predicted octanol–water partition coefficient (Wildman–Crippen LogP) is 1.46. The molecule has 1 aromatic heterocycles. The van der Waals surface area contributed by atoms with Gasteiger partial charge in [0.2, 0.25) is 10.0 Å². The van der Waals surface area contributed by atoms with Gasteiger partial charge in [0.1, 0.15) is 10.0 Å². The highest BCUT2D eigenvalue weighted by molar-refractivity contribution is 7.89. The number of sulfonamides is 1. The molecule has 17 heavy (non-hydrogen) atoms. The maximum absolute atomic E-state index is 12.2. The zero-order valence-electron chi connectivity index (χ0n) is 10.1. The minimum atomic E-state index is -3.57. The highest BCUT2D eigenvalue weighted by Crippen LogP contribution is 2.33. The smallest absolute Gasteiger partial charge is 0.245 e. The molecule has 96 valence electrons. The summed E-state index contributed by atoms with van der Waals surface area (Å²) in [6.45, 7) is 3.52. The van der Waals surface area contributed by atoms with Crippen molar-refractivity contribution in [2.75, 3.05) is 0 Å². The highest BCUT2D eigenvalue weighted by Gasteiger charge is 2.33. The minimum absolute atomic E-state index is 0.0457. The van der Waals surface area contributed by atoms with E-state index in [9.17, 15) is 8.42 Å². The SMILES string of the molecule is Cc1nn(C)c(Cl)c1S(=O)(=O)N[C@@H](C)C1CC1. The van der Waals surface area contributed by atoms with Gasteiger partial charge in [-0.1, -0.05) is 11.6 Å². The third kappa shape index (κ3) is 2.48. The molecule has 1 aromatic rings. The fourth-order valence-corrected chi connectivity index (χ4v) is 3.97. The van der Waals surface area contributed by atoms with E-state index < -0.39 is 10.0 Å². The molecule has 2 rings (SSSR count). The highest BCUT2D eigenvalue weighted by atomic mass is 35.5. The van der Waals surface area contributed by atoms with Crippen LogP contribution in [-0.2, 0) is 17.1 Å². The van der Waals surface area contributed by atoms with Crippen LogP contribution in [0.1, 0.15) is 25.5 Å². The molecule has 1 saturated carbocycles. The van der Waals surface area contributed by atoms with Crippen LogP contribution in [0, 0.1) is 12.8 Å². The standard InChI is InChI=1S/C10H16ClN3O2S/c1-6(8-4-5-8)13-17(15,16)9-7(2)12-14(3)10(9)11/h6,8,13H,4-5H2,1-3H3/t6-/m0/s1. The van der Waals surface area contributed by atoms with E-state index in [-0.39, 0.29) is 16.1 Å². The van der Waals surface area contributed by atoms with Gasteiger partial charge < -0.3 is 0 Å². The van der Waals surface area contributed by atoms with Gasteiger partial charge in [-0.2, -0.15) is 5.10 Å². The molecule has 1 fully saturated rings. The Hall–Kier alpha value is -0.590. The average Bonchev–Trinajstić information content (AvgIpc) is 2.95. The average molecular weight is 278 g/mol. The maximum atomic E-state index is 12.2. The molecule has 5 nitrogen and oxygen atoms in total. The van der Waals surface area contributed by atoms with E-state index in [0.29, 0.717) is 11.6 Å². The van der Waals surface area contributed by atoms with Crippen molar-refractivity contribution in [2.24, 2.45) is 13.0 Å². The molecule has 0 radical (unpaired) electrons. The van der Waals surface area contributed by atoms with Gasteiger partial charge in [0, 0.05) is 13.1 Å². The third-order valence-electron chi connectivity index (χ3n) is 3.04. The van der Waals surface area contributed by atoms with E-state index in [4.69, 9.17) is 11.6 Å². The van der Waals surface area contributed by atoms with Crippen LogP contribution >= 0.6 is 11.6 Å². The molecule has 0 unspecified atom stereocenters. The molecular formula is C10H16ClN3O2S. The molecule has 1 aliphatic rings. The summed E-state index contributed by atoms with van der Waals surface area (Å²) in [6.07, 6.45) is 2.17. The second kappa shape index (κ2) is 4.26. The van der Waals surface area contributed by atoms with Crippen LogP contribution in [-0.4, -0.2) is 24.2 Å². The Morgan fingerprint density at radius 1 is 1.53 bits per heavy atom. The molecule has 0 bridgehead atoms. The van der Waals surface area contributed by atoms with Crippen molar-refractivity contribution >= 4 is 21.6 Å². The van der Waals surface area contributed by atoms with E-state index in [0.717, 1.165) is 12.8 Å². The first kappa shape index (κ1) is 12.9. The number of hydrogen-bond acceptors (Lipinski definition) is 3. The molecule has 1 N–H and O–H groups in total. The molecule has 1 atom stereocenters. The van der Waals surface area contributed by atoms with Crippen LogP contribution in [0.4, 0.5) is 0 Å². The molecule has 0 spiro atoms. The summed E-state index contributed by atoms with van der Waals surface area (Å²) in [7, 11) is -1.95. The Labute approximate surface area is 106 Å². The molecule has 1 aliphatic carbocycles. The Bertz CT molecular complexity index is 534. The largest absolute Gasteiger partial charge is 0.255 e. The molecule has 0 aliphatic heterocycles. The lowest BCUT2D eigenvalue weighted by Gasteiger charge is -2.12. The van der Waals surface area contributed by atoms with Crippen molar-refractivity contribution in [3.8, 4) is 0 Å². The summed E-state index contributed by atoms with van der Waals surface area (Å²) < 4.78 is 28.4. The summed E-state index contributed by atoms with van der Waals surface area (Å²) in [5.41, 5.74) is 0.424. The second-order valence-electron chi connectivity index (χ2n) is 4.58. The second-order valence-corrected chi connectivity index (χ2v) is 6.59. The lowest BCUT2D eigenvalue weighted by Crippen LogP contribution is -2.34. The van der Waals surface area contributed by atoms with Crippen LogP contribution in [0.15, 0.2) is 4.90 Å². The number of aromatic nitrogens is 2. The van der Waals surface area contributed by atoms with E-state index in [1.54, 1.807) is 14.0 Å². The first-order valence-electron chi connectivity index (χ1n) is 5.54. The summed E-state index contributed by atoms with van der Waals surface area (Å²) >= 11 is 5.96. The van der Waals surface area contributed by atoms with Gasteiger partial charge in [0.15, 0.2) is 0 Å². The Morgan fingerprint density at radius 2 is 2.12 bits per heavy atom. The fraction of sp³-hybridized carbons (Fsp3) is 0.700. The number of rotatable bonds is 4.